The Morgan fingerprint density at radius 2 is 2.00 bits per heavy atom. The number of carbonyl (C=O) groups excluding carboxylic acids is 2. The van der Waals surface area contributed by atoms with Crippen molar-refractivity contribution in [2.24, 2.45) is 4.99 Å². The maximum absolute atomic E-state index is 11.8. The van der Waals surface area contributed by atoms with Gasteiger partial charge >= 0.3 is 5.97 Å². The van der Waals surface area contributed by atoms with Crippen molar-refractivity contribution in [2.75, 3.05) is 11.9 Å². The highest BCUT2D eigenvalue weighted by molar-refractivity contribution is 5.92. The molecule has 118 valence electrons. The fourth-order valence-electron chi connectivity index (χ4n) is 2.20. The number of nitrogens with zero attached hydrogens (tertiary/aromatic N) is 1. The molecule has 0 bridgehead atoms. The van der Waals surface area contributed by atoms with Crippen molar-refractivity contribution in [1.29, 1.82) is 0 Å². The van der Waals surface area contributed by atoms with E-state index in [4.69, 9.17) is 4.74 Å². The third-order valence-corrected chi connectivity index (χ3v) is 3.35. The van der Waals surface area contributed by atoms with Gasteiger partial charge in [0.25, 0.3) is 0 Å². The summed E-state index contributed by atoms with van der Waals surface area (Å²) >= 11 is 0. The maximum atomic E-state index is 11.8. The summed E-state index contributed by atoms with van der Waals surface area (Å²) in [6, 6.07) is 14.8. The fourth-order valence-corrected chi connectivity index (χ4v) is 2.20. The molecule has 0 aliphatic rings. The van der Waals surface area contributed by atoms with Crippen LogP contribution in [0, 0.1) is 0 Å². The molecule has 0 heterocycles. The van der Waals surface area contributed by atoms with E-state index in [1.807, 2.05) is 37.3 Å². The first-order valence-corrected chi connectivity index (χ1v) is 7.36. The minimum atomic E-state index is -0.447. The summed E-state index contributed by atoms with van der Waals surface area (Å²) in [5.41, 5.74) is 2.45. The second-order valence-electron chi connectivity index (χ2n) is 4.93. The largest absolute Gasteiger partial charge is 0.462 e. The number of benzene rings is 2. The molecule has 2 rings (SSSR count). The molecule has 5 heteroatoms. The van der Waals surface area contributed by atoms with E-state index < -0.39 is 5.97 Å². The predicted molar refractivity (Wildman–Crippen MR) is 88.7 cm³/mol. The van der Waals surface area contributed by atoms with Crippen LogP contribution in [0.3, 0.4) is 0 Å². The lowest BCUT2D eigenvalue weighted by Gasteiger charge is -2.17. The lowest BCUT2D eigenvalue weighted by molar-refractivity contribution is 0.0526. The summed E-state index contributed by atoms with van der Waals surface area (Å²) in [5, 5.41) is 3.28. The zero-order valence-corrected chi connectivity index (χ0v) is 13.1. The predicted octanol–water partition coefficient (Wildman–Crippen LogP) is 4.00. The SMILES string of the molecule is CCOC(=O)c1ccc(NC(C)c2ccccc2)c(N=C=O)c1. The Hall–Kier alpha value is -2.91. The van der Waals surface area contributed by atoms with Crippen molar-refractivity contribution >= 4 is 23.4 Å². The molecule has 2 aromatic rings. The third kappa shape index (κ3) is 4.28. The second kappa shape index (κ2) is 7.92. The average Bonchev–Trinajstić information content (AvgIpc) is 2.57. The van der Waals surface area contributed by atoms with Gasteiger partial charge < -0.3 is 10.1 Å². The Bertz CT molecular complexity index is 722. The van der Waals surface area contributed by atoms with Crippen LogP contribution < -0.4 is 5.32 Å². The van der Waals surface area contributed by atoms with E-state index >= 15 is 0 Å². The van der Waals surface area contributed by atoms with Crippen LogP contribution in [0.1, 0.15) is 35.8 Å². The summed E-state index contributed by atoms with van der Waals surface area (Å²) in [6.07, 6.45) is 1.52. The van der Waals surface area contributed by atoms with E-state index in [0.717, 1.165) is 5.56 Å². The fraction of sp³-hybridized carbons (Fsp3) is 0.222. The average molecular weight is 310 g/mol. The number of isocyanates is 1. The summed E-state index contributed by atoms with van der Waals surface area (Å²) in [4.78, 5) is 26.1. The highest BCUT2D eigenvalue weighted by Gasteiger charge is 2.12. The summed E-state index contributed by atoms with van der Waals surface area (Å²) in [7, 11) is 0. The lowest BCUT2D eigenvalue weighted by atomic mass is 10.1. The minimum Gasteiger partial charge on any atom is -0.462 e. The maximum Gasteiger partial charge on any atom is 0.338 e. The molecule has 2 aromatic carbocycles. The number of anilines is 1. The molecule has 1 atom stereocenters. The molecule has 0 spiro atoms. The molecule has 1 N–H and O–H groups in total. The van der Waals surface area contributed by atoms with Crippen molar-refractivity contribution in [3.63, 3.8) is 0 Å². The van der Waals surface area contributed by atoms with Gasteiger partial charge in [0.15, 0.2) is 0 Å². The van der Waals surface area contributed by atoms with Crippen molar-refractivity contribution in [2.45, 2.75) is 19.9 Å². The Labute approximate surface area is 135 Å². The Kier molecular flexibility index (Phi) is 5.67. The van der Waals surface area contributed by atoms with Crippen LogP contribution in [-0.4, -0.2) is 18.7 Å². The zero-order chi connectivity index (χ0) is 16.7. The molecule has 0 fully saturated rings. The standard InChI is InChI=1S/C18H18N2O3/c1-3-23-18(22)15-9-10-16(17(11-15)19-12-21)20-13(2)14-7-5-4-6-8-14/h4-11,13,20H,3H2,1-2H3. The van der Waals surface area contributed by atoms with Crippen LogP contribution >= 0.6 is 0 Å². The number of carbonyl (C=O) groups is 1. The van der Waals surface area contributed by atoms with Crippen molar-refractivity contribution in [1.82, 2.24) is 0 Å². The summed E-state index contributed by atoms with van der Waals surface area (Å²) in [6.45, 7) is 4.03. The number of ether oxygens (including phenoxy) is 1. The molecule has 0 saturated heterocycles. The highest BCUT2D eigenvalue weighted by atomic mass is 16.5. The minimum absolute atomic E-state index is 0.0187. The quantitative estimate of drug-likeness (QED) is 0.497. The van der Waals surface area contributed by atoms with Gasteiger partial charge in [-0.05, 0) is 37.6 Å². The topological polar surface area (TPSA) is 67.8 Å². The van der Waals surface area contributed by atoms with E-state index in [2.05, 4.69) is 10.3 Å². The van der Waals surface area contributed by atoms with Crippen LogP contribution in [0.2, 0.25) is 0 Å². The zero-order valence-electron chi connectivity index (χ0n) is 13.1. The van der Waals surface area contributed by atoms with Crippen LogP contribution in [-0.2, 0) is 9.53 Å². The molecule has 0 radical (unpaired) electrons. The third-order valence-electron chi connectivity index (χ3n) is 3.35. The molecule has 0 aromatic heterocycles. The van der Waals surface area contributed by atoms with Gasteiger partial charge in [-0.1, -0.05) is 30.3 Å². The molecule has 0 saturated carbocycles. The van der Waals surface area contributed by atoms with Crippen LogP contribution in [0.15, 0.2) is 53.5 Å². The van der Waals surface area contributed by atoms with Gasteiger partial charge in [0, 0.05) is 6.04 Å². The number of aliphatic imine (C=N–C) groups is 1. The summed E-state index contributed by atoms with van der Waals surface area (Å²) < 4.78 is 4.95. The van der Waals surface area contributed by atoms with E-state index in [1.54, 1.807) is 19.1 Å². The first kappa shape index (κ1) is 16.5. The number of rotatable bonds is 6. The lowest BCUT2D eigenvalue weighted by Crippen LogP contribution is -2.08. The van der Waals surface area contributed by atoms with Gasteiger partial charge in [0.2, 0.25) is 6.08 Å². The van der Waals surface area contributed by atoms with E-state index in [9.17, 15) is 9.59 Å². The van der Waals surface area contributed by atoms with Gasteiger partial charge in [0.1, 0.15) is 5.69 Å². The molecular formula is C18H18N2O3. The van der Waals surface area contributed by atoms with Gasteiger partial charge in [-0.3, -0.25) is 0 Å². The second-order valence-corrected chi connectivity index (χ2v) is 4.93. The molecule has 0 aliphatic heterocycles. The first-order chi connectivity index (χ1) is 11.2. The number of esters is 1. The first-order valence-electron chi connectivity index (χ1n) is 7.36. The van der Waals surface area contributed by atoms with Crippen LogP contribution in [0.25, 0.3) is 0 Å². The highest BCUT2D eigenvalue weighted by Crippen LogP contribution is 2.29. The Morgan fingerprint density at radius 1 is 1.26 bits per heavy atom. The normalized spacial score (nSPS) is 11.2. The molecule has 0 aliphatic carbocycles. The molecule has 5 nitrogen and oxygen atoms in total. The van der Waals surface area contributed by atoms with Crippen LogP contribution in [0.5, 0.6) is 0 Å². The number of hydrogen-bond donors (Lipinski definition) is 1. The summed E-state index contributed by atoms with van der Waals surface area (Å²) in [5.74, 6) is -0.447. The van der Waals surface area contributed by atoms with E-state index in [0.29, 0.717) is 16.9 Å². The smallest absolute Gasteiger partial charge is 0.338 e. The molecule has 1 unspecified atom stereocenters. The molecule has 23 heavy (non-hydrogen) atoms. The van der Waals surface area contributed by atoms with Crippen molar-refractivity contribution in [3.05, 3.63) is 59.7 Å². The van der Waals surface area contributed by atoms with Crippen molar-refractivity contribution in [3.8, 4) is 0 Å². The van der Waals surface area contributed by atoms with E-state index in [-0.39, 0.29) is 12.6 Å². The van der Waals surface area contributed by atoms with Crippen molar-refractivity contribution < 1.29 is 14.3 Å². The van der Waals surface area contributed by atoms with Gasteiger partial charge in [-0.15, -0.1) is 0 Å². The number of hydrogen-bond acceptors (Lipinski definition) is 5. The van der Waals surface area contributed by atoms with Crippen LogP contribution in [0.4, 0.5) is 11.4 Å². The van der Waals surface area contributed by atoms with Gasteiger partial charge in [-0.2, -0.15) is 4.99 Å². The van der Waals surface area contributed by atoms with E-state index in [1.165, 1.54) is 12.1 Å². The molecular weight excluding hydrogens is 292 g/mol. The van der Waals surface area contributed by atoms with Gasteiger partial charge in [-0.25, -0.2) is 9.59 Å². The Morgan fingerprint density at radius 3 is 2.65 bits per heavy atom. The molecule has 0 amide bonds. The Balaban J connectivity index is 2.27. The van der Waals surface area contributed by atoms with Gasteiger partial charge in [0.05, 0.1) is 17.9 Å². The monoisotopic (exact) mass is 310 g/mol. The number of nitrogens with one attached hydrogen (secondary N) is 1.